The van der Waals surface area contributed by atoms with Gasteiger partial charge in [-0.05, 0) is 25.7 Å². The number of carbonyl (C=O) groups is 1. The van der Waals surface area contributed by atoms with Gasteiger partial charge in [0.25, 0.3) is 0 Å². The van der Waals surface area contributed by atoms with Gasteiger partial charge in [-0.25, -0.2) is 0 Å². The van der Waals surface area contributed by atoms with Crippen LogP contribution in [-0.4, -0.2) is 49.1 Å². The maximum atomic E-state index is 11.9. The lowest BCUT2D eigenvalue weighted by atomic mass is 10.0. The van der Waals surface area contributed by atoms with E-state index in [-0.39, 0.29) is 18.0 Å². The van der Waals surface area contributed by atoms with Gasteiger partial charge in [0.1, 0.15) is 6.04 Å². The van der Waals surface area contributed by atoms with Crippen molar-refractivity contribution in [3.63, 3.8) is 0 Å². The fourth-order valence-corrected chi connectivity index (χ4v) is 2.22. The predicted octanol–water partition coefficient (Wildman–Crippen LogP) is 0.725. The Morgan fingerprint density at radius 1 is 1.47 bits per heavy atom. The Hall–Kier alpha value is -1.12. The van der Waals surface area contributed by atoms with Crippen molar-refractivity contribution in [2.45, 2.75) is 45.7 Å². The quantitative estimate of drug-likeness (QED) is 0.743. The highest BCUT2D eigenvalue weighted by Gasteiger charge is 2.23. The average molecular weight is 266 g/mol. The molecule has 0 aromatic rings. The lowest BCUT2D eigenvalue weighted by Crippen LogP contribution is -2.54. The van der Waals surface area contributed by atoms with E-state index in [1.807, 2.05) is 11.8 Å². The zero-order chi connectivity index (χ0) is 14.3. The van der Waals surface area contributed by atoms with Gasteiger partial charge in [0.2, 0.25) is 5.91 Å². The van der Waals surface area contributed by atoms with Gasteiger partial charge in [-0.15, -0.1) is 0 Å². The number of carbonyl (C=O) groups excluding carboxylic acids is 1. The third-order valence-corrected chi connectivity index (χ3v) is 3.43. The third-order valence-electron chi connectivity index (χ3n) is 3.43. The summed E-state index contributed by atoms with van der Waals surface area (Å²) in [5.74, 6) is 0.689. The Labute approximate surface area is 116 Å². The van der Waals surface area contributed by atoms with Crippen LogP contribution in [-0.2, 0) is 4.79 Å². The topological polar surface area (TPSA) is 68.2 Å². The van der Waals surface area contributed by atoms with Crippen molar-refractivity contribution in [2.75, 3.05) is 26.2 Å². The summed E-state index contributed by atoms with van der Waals surface area (Å²) in [6, 6.07) is 2.25. The molecule has 0 spiro atoms. The Balaban J connectivity index is 2.31. The van der Waals surface area contributed by atoms with Crippen LogP contribution < -0.4 is 10.6 Å². The molecule has 2 atom stereocenters. The van der Waals surface area contributed by atoms with E-state index in [0.29, 0.717) is 19.0 Å². The third kappa shape index (κ3) is 6.04. The Kier molecular flexibility index (Phi) is 6.82. The van der Waals surface area contributed by atoms with Gasteiger partial charge in [0.15, 0.2) is 0 Å². The molecule has 2 unspecified atom stereocenters. The summed E-state index contributed by atoms with van der Waals surface area (Å²) in [5, 5.41) is 15.2. The zero-order valence-electron chi connectivity index (χ0n) is 12.3. The number of nitrogens with one attached hydrogen (secondary N) is 2. The van der Waals surface area contributed by atoms with Gasteiger partial charge < -0.3 is 10.6 Å². The monoisotopic (exact) mass is 266 g/mol. The first-order chi connectivity index (χ1) is 9.02. The summed E-state index contributed by atoms with van der Waals surface area (Å²) in [5.41, 5.74) is 0. The molecule has 2 N–H and O–H groups in total. The minimum atomic E-state index is -0.189. The van der Waals surface area contributed by atoms with Crippen molar-refractivity contribution in [1.82, 2.24) is 15.5 Å². The van der Waals surface area contributed by atoms with Crippen molar-refractivity contribution in [3.8, 4) is 6.07 Å². The summed E-state index contributed by atoms with van der Waals surface area (Å²) in [4.78, 5) is 13.9. The van der Waals surface area contributed by atoms with Crippen molar-refractivity contribution in [2.24, 2.45) is 5.92 Å². The number of hydrogen-bond acceptors (Lipinski definition) is 4. The largest absolute Gasteiger partial charge is 0.353 e. The van der Waals surface area contributed by atoms with Crippen LogP contribution in [0.3, 0.4) is 0 Å². The van der Waals surface area contributed by atoms with E-state index in [9.17, 15) is 4.79 Å². The fourth-order valence-electron chi connectivity index (χ4n) is 2.22. The van der Waals surface area contributed by atoms with E-state index in [0.717, 1.165) is 25.9 Å². The van der Waals surface area contributed by atoms with Gasteiger partial charge in [-0.3, -0.25) is 9.69 Å². The highest BCUT2D eigenvalue weighted by Crippen LogP contribution is 2.07. The fraction of sp³-hybridized carbons (Fsp3) is 0.857. The molecule has 1 fully saturated rings. The summed E-state index contributed by atoms with van der Waals surface area (Å²) in [6.45, 7) is 8.98. The Morgan fingerprint density at radius 2 is 2.21 bits per heavy atom. The number of amides is 1. The number of rotatable bonds is 6. The van der Waals surface area contributed by atoms with Crippen LogP contribution >= 0.6 is 0 Å². The molecule has 0 aromatic carbocycles. The van der Waals surface area contributed by atoms with Crippen LogP contribution in [0.1, 0.15) is 33.6 Å². The second-order valence-electron chi connectivity index (χ2n) is 5.76. The molecule has 0 saturated carbocycles. The molecule has 1 saturated heterocycles. The Bertz CT molecular complexity index is 324. The predicted molar refractivity (Wildman–Crippen MR) is 75.5 cm³/mol. The number of nitrogens with zero attached hydrogens (tertiary/aromatic N) is 2. The molecule has 1 rings (SSSR count). The summed E-state index contributed by atoms with van der Waals surface area (Å²) in [6.07, 6.45) is 2.13. The normalized spacial score (nSPS) is 21.9. The molecule has 1 heterocycles. The highest BCUT2D eigenvalue weighted by molar-refractivity contribution is 5.78. The standard InChI is InChI=1S/C14H26N4O/c1-11(2)4-5-12(3)17-14(19)10-18-7-6-16-9-13(18)8-15/h11-13,16H,4-7,9-10H2,1-3H3,(H,17,19). The zero-order valence-corrected chi connectivity index (χ0v) is 12.3. The SMILES string of the molecule is CC(C)CCC(C)NC(=O)CN1CCNCC1C#N. The molecule has 1 aliphatic rings. The average Bonchev–Trinajstić information content (AvgIpc) is 2.37. The molecule has 1 aliphatic heterocycles. The van der Waals surface area contributed by atoms with E-state index in [4.69, 9.17) is 5.26 Å². The van der Waals surface area contributed by atoms with Gasteiger partial charge in [-0.2, -0.15) is 5.26 Å². The first-order valence-corrected chi connectivity index (χ1v) is 7.16. The van der Waals surface area contributed by atoms with Crippen molar-refractivity contribution >= 4 is 5.91 Å². The van der Waals surface area contributed by atoms with Gasteiger partial charge in [0, 0.05) is 25.7 Å². The van der Waals surface area contributed by atoms with Gasteiger partial charge in [-0.1, -0.05) is 13.8 Å². The highest BCUT2D eigenvalue weighted by atomic mass is 16.2. The molecule has 5 heteroatoms. The second kappa shape index (κ2) is 8.13. The van der Waals surface area contributed by atoms with Crippen molar-refractivity contribution in [1.29, 1.82) is 5.26 Å². The molecular formula is C14H26N4O. The van der Waals surface area contributed by atoms with E-state index >= 15 is 0 Å². The number of nitriles is 1. The minimum Gasteiger partial charge on any atom is -0.353 e. The second-order valence-corrected chi connectivity index (χ2v) is 5.76. The van der Waals surface area contributed by atoms with Gasteiger partial charge in [0.05, 0.1) is 12.6 Å². The van der Waals surface area contributed by atoms with Crippen molar-refractivity contribution < 1.29 is 4.79 Å². The summed E-state index contributed by atoms with van der Waals surface area (Å²) >= 11 is 0. The first kappa shape index (κ1) is 15.9. The maximum Gasteiger partial charge on any atom is 0.234 e. The number of hydrogen-bond donors (Lipinski definition) is 2. The molecule has 0 radical (unpaired) electrons. The molecule has 19 heavy (non-hydrogen) atoms. The molecule has 1 amide bonds. The molecule has 5 nitrogen and oxygen atoms in total. The van der Waals surface area contributed by atoms with Crippen LogP contribution in [0.25, 0.3) is 0 Å². The van der Waals surface area contributed by atoms with Crippen LogP contribution in [0.15, 0.2) is 0 Å². The lowest BCUT2D eigenvalue weighted by Gasteiger charge is -2.31. The maximum absolute atomic E-state index is 11.9. The van der Waals surface area contributed by atoms with E-state index in [2.05, 4.69) is 30.6 Å². The smallest absolute Gasteiger partial charge is 0.234 e. The van der Waals surface area contributed by atoms with Gasteiger partial charge >= 0.3 is 0 Å². The van der Waals surface area contributed by atoms with E-state index in [1.54, 1.807) is 0 Å². The first-order valence-electron chi connectivity index (χ1n) is 7.16. The van der Waals surface area contributed by atoms with E-state index in [1.165, 1.54) is 0 Å². The molecule has 108 valence electrons. The van der Waals surface area contributed by atoms with Crippen LogP contribution in [0, 0.1) is 17.2 Å². The molecule has 0 aliphatic carbocycles. The molecular weight excluding hydrogens is 240 g/mol. The van der Waals surface area contributed by atoms with E-state index < -0.39 is 0 Å². The van der Waals surface area contributed by atoms with Crippen molar-refractivity contribution in [3.05, 3.63) is 0 Å². The molecule has 0 bridgehead atoms. The van der Waals surface area contributed by atoms with Crippen LogP contribution in [0.5, 0.6) is 0 Å². The van der Waals surface area contributed by atoms with Crippen LogP contribution in [0.4, 0.5) is 0 Å². The minimum absolute atomic E-state index is 0.0263. The molecule has 0 aromatic heterocycles. The van der Waals surface area contributed by atoms with Crippen LogP contribution in [0.2, 0.25) is 0 Å². The number of piperazine rings is 1. The Morgan fingerprint density at radius 3 is 2.84 bits per heavy atom. The lowest BCUT2D eigenvalue weighted by molar-refractivity contribution is -0.123. The summed E-state index contributed by atoms with van der Waals surface area (Å²) < 4.78 is 0. The summed E-state index contributed by atoms with van der Waals surface area (Å²) in [7, 11) is 0.